The van der Waals surface area contributed by atoms with Crippen molar-refractivity contribution in [2.75, 3.05) is 13.1 Å². The number of benzene rings is 1. The molecule has 1 rings (SSSR count). The fraction of sp³-hybridized carbons (Fsp3) is 0.462. The van der Waals surface area contributed by atoms with Crippen LogP contribution in [0.15, 0.2) is 24.3 Å². The van der Waals surface area contributed by atoms with Gasteiger partial charge in [0.15, 0.2) is 0 Å². The van der Waals surface area contributed by atoms with Gasteiger partial charge in [0.05, 0.1) is 0 Å². The Morgan fingerprint density at radius 2 is 1.75 bits per heavy atom. The van der Waals surface area contributed by atoms with E-state index in [0.717, 1.165) is 18.7 Å². The summed E-state index contributed by atoms with van der Waals surface area (Å²) in [4.78, 5) is 13.5. The Kier molecular flexibility index (Phi) is 4.96. The summed E-state index contributed by atoms with van der Waals surface area (Å²) in [7, 11) is 0. The third kappa shape index (κ3) is 3.65. The van der Waals surface area contributed by atoms with Gasteiger partial charge in [-0.2, -0.15) is 0 Å². The summed E-state index contributed by atoms with van der Waals surface area (Å²) in [6.07, 6.45) is 1.17. The molecule has 1 aromatic rings. The van der Waals surface area contributed by atoms with Gasteiger partial charge in [-0.3, -0.25) is 4.79 Å². The number of rotatable bonds is 5. The van der Waals surface area contributed by atoms with E-state index in [4.69, 9.17) is 0 Å². The molecule has 88 valence electrons. The molecule has 0 aliphatic carbocycles. The highest BCUT2D eigenvalue weighted by atomic mass is 19.1. The Bertz CT molecular complexity index is 330. The van der Waals surface area contributed by atoms with E-state index in [1.807, 2.05) is 18.7 Å². The van der Waals surface area contributed by atoms with Crippen LogP contribution >= 0.6 is 0 Å². The van der Waals surface area contributed by atoms with E-state index in [-0.39, 0.29) is 11.7 Å². The van der Waals surface area contributed by atoms with Crippen molar-refractivity contribution >= 4 is 5.91 Å². The molecule has 0 aromatic heterocycles. The molecule has 0 bridgehead atoms. The number of halogens is 1. The molecule has 1 aromatic carbocycles. The topological polar surface area (TPSA) is 20.3 Å². The van der Waals surface area contributed by atoms with Crippen LogP contribution in [0.2, 0.25) is 0 Å². The van der Waals surface area contributed by atoms with E-state index < -0.39 is 0 Å². The van der Waals surface area contributed by atoms with Gasteiger partial charge >= 0.3 is 0 Å². The van der Waals surface area contributed by atoms with Gasteiger partial charge in [0.25, 0.3) is 0 Å². The zero-order chi connectivity index (χ0) is 12.0. The van der Waals surface area contributed by atoms with Crippen LogP contribution in [0.3, 0.4) is 0 Å². The lowest BCUT2D eigenvalue weighted by Gasteiger charge is -2.18. The van der Waals surface area contributed by atoms with Crippen molar-refractivity contribution in [2.24, 2.45) is 0 Å². The van der Waals surface area contributed by atoms with E-state index in [2.05, 4.69) is 0 Å². The number of hydrogen-bond acceptors (Lipinski definition) is 1. The molecule has 0 fully saturated rings. The Labute approximate surface area is 96.1 Å². The zero-order valence-corrected chi connectivity index (χ0v) is 9.87. The maximum Gasteiger partial charge on any atom is 0.222 e. The number of carbonyl (C=O) groups excluding carboxylic acids is 1. The third-order valence-corrected chi connectivity index (χ3v) is 2.66. The van der Waals surface area contributed by atoms with Gasteiger partial charge in [-0.1, -0.05) is 12.1 Å². The molecule has 0 spiro atoms. The number of amides is 1. The molecule has 0 saturated heterocycles. The van der Waals surface area contributed by atoms with Crippen molar-refractivity contribution in [3.63, 3.8) is 0 Å². The molecule has 0 N–H and O–H groups in total. The minimum Gasteiger partial charge on any atom is -0.343 e. The van der Waals surface area contributed by atoms with Gasteiger partial charge in [0, 0.05) is 19.5 Å². The van der Waals surface area contributed by atoms with Crippen molar-refractivity contribution in [3.05, 3.63) is 35.6 Å². The average molecular weight is 223 g/mol. The van der Waals surface area contributed by atoms with Gasteiger partial charge in [-0.15, -0.1) is 0 Å². The second-order valence-corrected chi connectivity index (χ2v) is 3.69. The minimum atomic E-state index is -0.237. The Morgan fingerprint density at radius 1 is 1.19 bits per heavy atom. The zero-order valence-electron chi connectivity index (χ0n) is 9.87. The molecule has 0 aliphatic heterocycles. The van der Waals surface area contributed by atoms with Crippen LogP contribution in [0.5, 0.6) is 0 Å². The van der Waals surface area contributed by atoms with Crippen LogP contribution in [0.4, 0.5) is 4.39 Å². The normalized spacial score (nSPS) is 10.2. The molecule has 0 unspecified atom stereocenters. The van der Waals surface area contributed by atoms with Gasteiger partial charge in [-0.25, -0.2) is 4.39 Å². The summed E-state index contributed by atoms with van der Waals surface area (Å²) in [6, 6.07) is 6.31. The molecule has 2 nitrogen and oxygen atoms in total. The molecule has 1 amide bonds. The molecule has 0 aliphatic rings. The van der Waals surface area contributed by atoms with E-state index in [1.54, 1.807) is 12.1 Å². The lowest BCUT2D eigenvalue weighted by molar-refractivity contribution is -0.130. The molecular formula is C13H18FNO. The number of aryl methyl sites for hydroxylation is 1. The lowest BCUT2D eigenvalue weighted by Crippen LogP contribution is -2.30. The first-order chi connectivity index (χ1) is 7.67. The molecular weight excluding hydrogens is 205 g/mol. The summed E-state index contributed by atoms with van der Waals surface area (Å²) in [6.45, 7) is 5.44. The first kappa shape index (κ1) is 12.7. The molecule has 0 saturated carbocycles. The van der Waals surface area contributed by atoms with Crippen molar-refractivity contribution in [3.8, 4) is 0 Å². The van der Waals surface area contributed by atoms with Crippen LogP contribution in [0, 0.1) is 5.82 Å². The highest BCUT2D eigenvalue weighted by Gasteiger charge is 2.08. The summed E-state index contributed by atoms with van der Waals surface area (Å²) < 4.78 is 12.6. The predicted octanol–water partition coefficient (Wildman–Crippen LogP) is 2.63. The van der Waals surface area contributed by atoms with E-state index in [1.165, 1.54) is 12.1 Å². The van der Waals surface area contributed by atoms with Gasteiger partial charge in [0.1, 0.15) is 5.82 Å². The van der Waals surface area contributed by atoms with Gasteiger partial charge < -0.3 is 4.90 Å². The molecule has 16 heavy (non-hydrogen) atoms. The number of hydrogen-bond donors (Lipinski definition) is 0. The molecule has 0 heterocycles. The van der Waals surface area contributed by atoms with Crippen LogP contribution in [0.25, 0.3) is 0 Å². The Morgan fingerprint density at radius 3 is 2.25 bits per heavy atom. The second-order valence-electron chi connectivity index (χ2n) is 3.69. The van der Waals surface area contributed by atoms with Crippen LogP contribution < -0.4 is 0 Å². The molecule has 0 atom stereocenters. The van der Waals surface area contributed by atoms with Crippen LogP contribution in [-0.2, 0) is 11.2 Å². The molecule has 3 heteroatoms. The lowest BCUT2D eigenvalue weighted by atomic mass is 10.1. The smallest absolute Gasteiger partial charge is 0.222 e. The number of carbonyl (C=O) groups is 1. The van der Waals surface area contributed by atoms with Gasteiger partial charge in [-0.05, 0) is 38.0 Å². The summed E-state index contributed by atoms with van der Waals surface area (Å²) in [5.74, 6) is -0.0758. The maximum atomic E-state index is 12.6. The molecule has 0 radical (unpaired) electrons. The van der Waals surface area contributed by atoms with Crippen LogP contribution in [0.1, 0.15) is 25.8 Å². The first-order valence-corrected chi connectivity index (χ1v) is 5.69. The summed E-state index contributed by atoms with van der Waals surface area (Å²) >= 11 is 0. The fourth-order valence-corrected chi connectivity index (χ4v) is 1.64. The minimum absolute atomic E-state index is 0.161. The van der Waals surface area contributed by atoms with Crippen molar-refractivity contribution in [1.82, 2.24) is 4.90 Å². The van der Waals surface area contributed by atoms with Crippen molar-refractivity contribution < 1.29 is 9.18 Å². The average Bonchev–Trinajstić information content (AvgIpc) is 2.30. The summed E-state index contributed by atoms with van der Waals surface area (Å²) in [5, 5.41) is 0. The SMILES string of the molecule is CCN(CC)C(=O)CCc1ccc(F)cc1. The maximum absolute atomic E-state index is 12.6. The standard InChI is InChI=1S/C13H18FNO/c1-3-15(4-2)13(16)10-7-11-5-8-12(14)9-6-11/h5-6,8-9H,3-4,7,10H2,1-2H3. The quantitative estimate of drug-likeness (QED) is 0.751. The fourth-order valence-electron chi connectivity index (χ4n) is 1.64. The number of nitrogens with zero attached hydrogens (tertiary/aromatic N) is 1. The Balaban J connectivity index is 2.45. The monoisotopic (exact) mass is 223 g/mol. The predicted molar refractivity (Wildman–Crippen MR) is 62.6 cm³/mol. The highest BCUT2D eigenvalue weighted by molar-refractivity contribution is 5.76. The third-order valence-electron chi connectivity index (χ3n) is 2.66. The van der Waals surface area contributed by atoms with E-state index in [0.29, 0.717) is 12.8 Å². The van der Waals surface area contributed by atoms with Gasteiger partial charge in [0.2, 0.25) is 5.91 Å². The van der Waals surface area contributed by atoms with Crippen LogP contribution in [-0.4, -0.2) is 23.9 Å². The highest BCUT2D eigenvalue weighted by Crippen LogP contribution is 2.06. The second kappa shape index (κ2) is 6.26. The first-order valence-electron chi connectivity index (χ1n) is 5.69. The van der Waals surface area contributed by atoms with E-state index >= 15 is 0 Å². The summed E-state index contributed by atoms with van der Waals surface area (Å²) in [5.41, 5.74) is 1.00. The largest absolute Gasteiger partial charge is 0.343 e. The Hall–Kier alpha value is -1.38. The van der Waals surface area contributed by atoms with Crippen molar-refractivity contribution in [2.45, 2.75) is 26.7 Å². The van der Waals surface area contributed by atoms with Crippen molar-refractivity contribution in [1.29, 1.82) is 0 Å². The van der Waals surface area contributed by atoms with E-state index in [9.17, 15) is 9.18 Å².